The van der Waals surface area contributed by atoms with Crippen molar-refractivity contribution in [1.82, 2.24) is 9.97 Å². The number of rotatable bonds is 2. The molecule has 2 heteroatoms. The third-order valence-corrected chi connectivity index (χ3v) is 2.50. The van der Waals surface area contributed by atoms with Crippen LogP contribution >= 0.6 is 0 Å². The second-order valence-corrected chi connectivity index (χ2v) is 3.37. The molecule has 0 aliphatic carbocycles. The van der Waals surface area contributed by atoms with Crippen LogP contribution in [0.15, 0.2) is 24.5 Å². The zero-order valence-corrected chi connectivity index (χ0v) is 8.62. The molecule has 0 spiro atoms. The van der Waals surface area contributed by atoms with Gasteiger partial charge in [-0.3, -0.25) is 9.97 Å². The first-order valence-electron chi connectivity index (χ1n) is 5.07. The van der Waals surface area contributed by atoms with Gasteiger partial charge in [0.1, 0.15) is 0 Å². The van der Waals surface area contributed by atoms with E-state index >= 15 is 0 Å². The van der Waals surface area contributed by atoms with E-state index < -0.39 is 0 Å². The molecule has 2 rings (SSSR count). The Morgan fingerprint density at radius 2 is 2.07 bits per heavy atom. The smallest absolute Gasteiger partial charge is 0.0736 e. The molecule has 0 radical (unpaired) electrons. The third-order valence-electron chi connectivity index (χ3n) is 2.50. The number of hydrogen-bond acceptors (Lipinski definition) is 2. The largest absolute Gasteiger partial charge is 0.264 e. The molecule has 2 aromatic heterocycles. The Morgan fingerprint density at radius 1 is 1.21 bits per heavy atom. The van der Waals surface area contributed by atoms with Gasteiger partial charge in [0.2, 0.25) is 0 Å². The van der Waals surface area contributed by atoms with Gasteiger partial charge >= 0.3 is 0 Å². The lowest BCUT2D eigenvalue weighted by molar-refractivity contribution is 0.980. The quantitative estimate of drug-likeness (QED) is 0.720. The van der Waals surface area contributed by atoms with E-state index in [9.17, 15) is 0 Å². The Balaban J connectivity index is 2.69. The Hall–Kier alpha value is -1.44. The molecule has 0 bridgehead atoms. The maximum Gasteiger partial charge on any atom is 0.0736 e. The van der Waals surface area contributed by atoms with Crippen molar-refractivity contribution in [2.45, 2.75) is 26.7 Å². The Kier molecular flexibility index (Phi) is 2.44. The summed E-state index contributed by atoms with van der Waals surface area (Å²) in [6.45, 7) is 4.31. The molecule has 0 aliphatic rings. The second kappa shape index (κ2) is 3.74. The number of hydrogen-bond donors (Lipinski definition) is 0. The van der Waals surface area contributed by atoms with E-state index in [4.69, 9.17) is 0 Å². The van der Waals surface area contributed by atoms with Crippen molar-refractivity contribution < 1.29 is 0 Å². The third kappa shape index (κ3) is 1.48. The molecule has 72 valence electrons. The van der Waals surface area contributed by atoms with Crippen molar-refractivity contribution in [3.8, 4) is 0 Å². The summed E-state index contributed by atoms with van der Waals surface area (Å²) >= 11 is 0. The maximum atomic E-state index is 4.62. The van der Waals surface area contributed by atoms with Gasteiger partial charge in [-0.2, -0.15) is 0 Å². The minimum Gasteiger partial charge on any atom is -0.264 e. The van der Waals surface area contributed by atoms with Gasteiger partial charge in [0, 0.05) is 23.5 Å². The lowest BCUT2D eigenvalue weighted by Gasteiger charge is -2.06. The lowest BCUT2D eigenvalue weighted by atomic mass is 10.1. The van der Waals surface area contributed by atoms with Crippen molar-refractivity contribution >= 4 is 10.9 Å². The first-order chi connectivity index (χ1) is 6.85. The van der Waals surface area contributed by atoms with Gasteiger partial charge in [-0.1, -0.05) is 13.8 Å². The Morgan fingerprint density at radius 3 is 2.79 bits per heavy atom. The van der Waals surface area contributed by atoms with Gasteiger partial charge in [-0.15, -0.1) is 0 Å². The SMILES string of the molecule is CCc1cc2cnccc2nc1CC. The second-order valence-electron chi connectivity index (χ2n) is 3.37. The molecule has 0 fully saturated rings. The maximum absolute atomic E-state index is 4.62. The molecular formula is C12H14N2. The highest BCUT2D eigenvalue weighted by molar-refractivity contribution is 5.78. The standard InChI is InChI=1S/C12H14N2/c1-3-9-7-10-8-13-6-5-12(10)14-11(9)4-2/h5-8H,3-4H2,1-2H3. The van der Waals surface area contributed by atoms with Crippen molar-refractivity contribution in [2.24, 2.45) is 0 Å². The minimum absolute atomic E-state index is 1.00. The predicted octanol–water partition coefficient (Wildman–Crippen LogP) is 2.75. The summed E-state index contributed by atoms with van der Waals surface area (Å²) in [4.78, 5) is 8.73. The van der Waals surface area contributed by atoms with Crippen LogP contribution in [-0.2, 0) is 12.8 Å². The van der Waals surface area contributed by atoms with E-state index in [1.165, 1.54) is 11.3 Å². The van der Waals surface area contributed by atoms with E-state index in [0.717, 1.165) is 23.7 Å². The van der Waals surface area contributed by atoms with Crippen molar-refractivity contribution in [3.63, 3.8) is 0 Å². The fraction of sp³-hybridized carbons (Fsp3) is 0.333. The topological polar surface area (TPSA) is 25.8 Å². The molecule has 0 amide bonds. The van der Waals surface area contributed by atoms with E-state index in [0.29, 0.717) is 0 Å². The molecule has 0 saturated heterocycles. The average molecular weight is 186 g/mol. The molecule has 2 nitrogen and oxygen atoms in total. The number of aromatic nitrogens is 2. The highest BCUT2D eigenvalue weighted by Crippen LogP contribution is 2.16. The van der Waals surface area contributed by atoms with Gasteiger partial charge in [0.15, 0.2) is 0 Å². The van der Waals surface area contributed by atoms with E-state index in [-0.39, 0.29) is 0 Å². The molecule has 14 heavy (non-hydrogen) atoms. The van der Waals surface area contributed by atoms with Crippen LogP contribution in [0.25, 0.3) is 10.9 Å². The number of fused-ring (bicyclic) bond motifs is 1. The first-order valence-corrected chi connectivity index (χ1v) is 5.07. The summed E-state index contributed by atoms with van der Waals surface area (Å²) in [6, 6.07) is 4.17. The minimum atomic E-state index is 1.00. The summed E-state index contributed by atoms with van der Waals surface area (Å²) in [7, 11) is 0. The van der Waals surface area contributed by atoms with E-state index in [1.54, 1.807) is 6.20 Å². The van der Waals surface area contributed by atoms with Crippen LogP contribution in [0, 0.1) is 0 Å². The molecule has 0 N–H and O–H groups in total. The predicted molar refractivity (Wildman–Crippen MR) is 58.3 cm³/mol. The number of pyridine rings is 2. The highest BCUT2D eigenvalue weighted by Gasteiger charge is 2.02. The molecule has 0 aromatic carbocycles. The van der Waals surface area contributed by atoms with Crippen LogP contribution in [0.4, 0.5) is 0 Å². The molecule has 0 unspecified atom stereocenters. The highest BCUT2D eigenvalue weighted by atomic mass is 14.7. The molecule has 0 atom stereocenters. The summed E-state index contributed by atoms with van der Waals surface area (Å²) in [5, 5.41) is 1.14. The fourth-order valence-electron chi connectivity index (χ4n) is 1.71. The molecule has 2 heterocycles. The van der Waals surface area contributed by atoms with Crippen molar-refractivity contribution in [2.75, 3.05) is 0 Å². The number of aryl methyl sites for hydroxylation is 2. The Bertz CT molecular complexity index is 407. The molecule has 2 aromatic rings. The van der Waals surface area contributed by atoms with Gasteiger partial charge in [-0.25, -0.2) is 0 Å². The van der Waals surface area contributed by atoms with Crippen LogP contribution in [-0.4, -0.2) is 9.97 Å². The summed E-state index contributed by atoms with van der Waals surface area (Å²) < 4.78 is 0. The zero-order valence-electron chi connectivity index (χ0n) is 8.62. The Labute approximate surface area is 84.0 Å². The molecule has 0 aliphatic heterocycles. The molecule has 0 saturated carbocycles. The average Bonchev–Trinajstić information content (AvgIpc) is 2.27. The molecular weight excluding hydrogens is 172 g/mol. The lowest BCUT2D eigenvalue weighted by Crippen LogP contribution is -1.96. The van der Waals surface area contributed by atoms with Gasteiger partial charge in [-0.05, 0) is 30.5 Å². The van der Waals surface area contributed by atoms with Crippen LogP contribution in [0.5, 0.6) is 0 Å². The monoisotopic (exact) mass is 186 g/mol. The summed E-state index contributed by atoms with van der Waals surface area (Å²) in [5.41, 5.74) is 3.60. The normalized spacial score (nSPS) is 10.7. The van der Waals surface area contributed by atoms with Gasteiger partial charge in [0.05, 0.1) is 5.52 Å². The van der Waals surface area contributed by atoms with Gasteiger partial charge in [0.25, 0.3) is 0 Å². The van der Waals surface area contributed by atoms with Gasteiger partial charge < -0.3 is 0 Å². The summed E-state index contributed by atoms with van der Waals surface area (Å²) in [6.07, 6.45) is 5.71. The summed E-state index contributed by atoms with van der Waals surface area (Å²) in [5.74, 6) is 0. The van der Waals surface area contributed by atoms with Crippen LogP contribution in [0.1, 0.15) is 25.1 Å². The van der Waals surface area contributed by atoms with Crippen LogP contribution < -0.4 is 0 Å². The van der Waals surface area contributed by atoms with E-state index in [2.05, 4.69) is 29.9 Å². The van der Waals surface area contributed by atoms with Crippen LogP contribution in [0.3, 0.4) is 0 Å². The van der Waals surface area contributed by atoms with E-state index in [1.807, 2.05) is 12.3 Å². The van der Waals surface area contributed by atoms with Crippen molar-refractivity contribution in [3.05, 3.63) is 35.8 Å². The fourth-order valence-corrected chi connectivity index (χ4v) is 1.71. The van der Waals surface area contributed by atoms with Crippen molar-refractivity contribution in [1.29, 1.82) is 0 Å². The zero-order chi connectivity index (χ0) is 9.97. The van der Waals surface area contributed by atoms with Crippen LogP contribution in [0.2, 0.25) is 0 Å². The number of nitrogens with zero attached hydrogens (tertiary/aromatic N) is 2. The first kappa shape index (κ1) is 9.13.